The molecule has 0 aliphatic carbocycles. The van der Waals surface area contributed by atoms with Gasteiger partial charge < -0.3 is 10.1 Å². The van der Waals surface area contributed by atoms with E-state index in [9.17, 15) is 13.2 Å². The van der Waals surface area contributed by atoms with Crippen molar-refractivity contribution < 1.29 is 17.9 Å². The van der Waals surface area contributed by atoms with Crippen molar-refractivity contribution in [2.75, 3.05) is 25.0 Å². The van der Waals surface area contributed by atoms with E-state index in [-0.39, 0.29) is 10.8 Å². The maximum absolute atomic E-state index is 12.4. The van der Waals surface area contributed by atoms with Gasteiger partial charge in [0.25, 0.3) is 15.9 Å². The van der Waals surface area contributed by atoms with Gasteiger partial charge in [-0.15, -0.1) is 0 Å². The molecule has 128 valence electrons. The first-order valence-electron chi connectivity index (χ1n) is 7.39. The van der Waals surface area contributed by atoms with E-state index in [2.05, 4.69) is 10.0 Å². The Hall–Kier alpha value is -2.38. The fraction of sp³-hybridized carbons (Fsp3) is 0.235. The molecule has 0 saturated carbocycles. The first-order chi connectivity index (χ1) is 11.4. The molecule has 0 unspecified atom stereocenters. The zero-order valence-electron chi connectivity index (χ0n) is 13.6. The molecule has 1 amide bonds. The maximum Gasteiger partial charge on any atom is 0.261 e. The average molecular weight is 348 g/mol. The van der Waals surface area contributed by atoms with Crippen LogP contribution in [0.25, 0.3) is 0 Å². The summed E-state index contributed by atoms with van der Waals surface area (Å²) in [5.74, 6) is -0.288. The summed E-state index contributed by atoms with van der Waals surface area (Å²) in [7, 11) is -2.15. The third kappa shape index (κ3) is 4.81. The highest BCUT2D eigenvalue weighted by molar-refractivity contribution is 7.92. The monoisotopic (exact) mass is 348 g/mol. The molecule has 0 aromatic heterocycles. The Morgan fingerprint density at radius 3 is 2.50 bits per heavy atom. The van der Waals surface area contributed by atoms with Crippen LogP contribution in [0.4, 0.5) is 5.69 Å². The maximum atomic E-state index is 12.4. The number of methoxy groups -OCH3 is 1. The number of amides is 1. The summed E-state index contributed by atoms with van der Waals surface area (Å²) in [5, 5.41) is 2.69. The predicted octanol–water partition coefficient (Wildman–Crippen LogP) is 2.17. The Labute approximate surface area is 141 Å². The van der Waals surface area contributed by atoms with Crippen molar-refractivity contribution in [3.05, 3.63) is 59.7 Å². The van der Waals surface area contributed by atoms with Crippen LogP contribution in [0, 0.1) is 6.92 Å². The molecule has 0 heterocycles. The molecule has 2 aromatic rings. The summed E-state index contributed by atoms with van der Waals surface area (Å²) >= 11 is 0. The van der Waals surface area contributed by atoms with Gasteiger partial charge in [-0.25, -0.2) is 8.42 Å². The third-order valence-electron chi connectivity index (χ3n) is 3.30. The van der Waals surface area contributed by atoms with Gasteiger partial charge in [0.15, 0.2) is 0 Å². The highest BCUT2D eigenvalue weighted by atomic mass is 32.2. The zero-order valence-corrected chi connectivity index (χ0v) is 14.4. The van der Waals surface area contributed by atoms with Gasteiger partial charge in [-0.1, -0.05) is 23.8 Å². The molecule has 24 heavy (non-hydrogen) atoms. The highest BCUT2D eigenvalue weighted by Gasteiger charge is 2.14. The zero-order chi connectivity index (χ0) is 17.6. The number of rotatable bonds is 7. The number of aryl methyl sites for hydroxylation is 1. The van der Waals surface area contributed by atoms with Gasteiger partial charge in [-0.05, 0) is 37.3 Å². The summed E-state index contributed by atoms with van der Waals surface area (Å²) in [6, 6.07) is 12.9. The number of carbonyl (C=O) groups is 1. The van der Waals surface area contributed by atoms with Crippen LogP contribution in [0.1, 0.15) is 15.9 Å². The number of anilines is 1. The van der Waals surface area contributed by atoms with Crippen molar-refractivity contribution in [2.45, 2.75) is 11.8 Å². The fourth-order valence-corrected chi connectivity index (χ4v) is 3.07. The Bertz CT molecular complexity index is 802. The Kier molecular flexibility index (Phi) is 5.94. The topological polar surface area (TPSA) is 84.5 Å². The lowest BCUT2D eigenvalue weighted by Gasteiger charge is -2.10. The van der Waals surface area contributed by atoms with Crippen LogP contribution in [0.3, 0.4) is 0 Å². The standard InChI is InChI=1S/C17H20N2O4S/c1-13-6-8-16(9-7-13)24(21,22)19-15-5-3-4-14(12-15)17(20)18-10-11-23-2/h3-9,12,19H,10-11H2,1-2H3,(H,18,20). The van der Waals surface area contributed by atoms with Crippen molar-refractivity contribution in [1.29, 1.82) is 0 Å². The molecule has 7 heteroatoms. The molecule has 2 N–H and O–H groups in total. The van der Waals surface area contributed by atoms with Crippen LogP contribution >= 0.6 is 0 Å². The third-order valence-corrected chi connectivity index (χ3v) is 4.70. The molecule has 0 radical (unpaired) electrons. The highest BCUT2D eigenvalue weighted by Crippen LogP contribution is 2.17. The van der Waals surface area contributed by atoms with Gasteiger partial charge >= 0.3 is 0 Å². The van der Waals surface area contributed by atoms with Crippen LogP contribution < -0.4 is 10.0 Å². The van der Waals surface area contributed by atoms with Crippen molar-refractivity contribution in [2.24, 2.45) is 0 Å². The molecule has 0 saturated heterocycles. The summed E-state index contributed by atoms with van der Waals surface area (Å²) < 4.78 is 32.1. The lowest BCUT2D eigenvalue weighted by atomic mass is 10.2. The summed E-state index contributed by atoms with van der Waals surface area (Å²) in [6.45, 7) is 2.68. The Balaban J connectivity index is 2.14. The van der Waals surface area contributed by atoms with Gasteiger partial charge in [0.05, 0.1) is 11.5 Å². The molecular formula is C17H20N2O4S. The van der Waals surface area contributed by atoms with Crippen molar-refractivity contribution in [3.8, 4) is 0 Å². The lowest BCUT2D eigenvalue weighted by molar-refractivity contribution is 0.0937. The van der Waals surface area contributed by atoms with Crippen LogP contribution in [0.2, 0.25) is 0 Å². The minimum absolute atomic E-state index is 0.169. The van der Waals surface area contributed by atoms with Crippen LogP contribution in [0.15, 0.2) is 53.4 Å². The Morgan fingerprint density at radius 2 is 1.83 bits per heavy atom. The smallest absolute Gasteiger partial charge is 0.261 e. The van der Waals surface area contributed by atoms with Gasteiger partial charge in [0.1, 0.15) is 0 Å². The van der Waals surface area contributed by atoms with Gasteiger partial charge in [0, 0.05) is 24.9 Å². The number of ether oxygens (including phenoxy) is 1. The summed E-state index contributed by atoms with van der Waals surface area (Å²) in [4.78, 5) is 12.2. The molecule has 2 rings (SSSR count). The molecule has 0 atom stereocenters. The molecule has 0 fully saturated rings. The second kappa shape index (κ2) is 7.94. The number of hydrogen-bond donors (Lipinski definition) is 2. The largest absolute Gasteiger partial charge is 0.383 e. The molecule has 0 aliphatic heterocycles. The number of nitrogens with one attached hydrogen (secondary N) is 2. The summed E-state index contributed by atoms with van der Waals surface area (Å²) in [6.07, 6.45) is 0. The van der Waals surface area contributed by atoms with Crippen molar-refractivity contribution >= 4 is 21.6 Å². The number of benzene rings is 2. The van der Waals surface area contributed by atoms with E-state index in [0.29, 0.717) is 24.4 Å². The van der Waals surface area contributed by atoms with E-state index in [1.165, 1.54) is 6.07 Å². The first kappa shape index (κ1) is 18.0. The SMILES string of the molecule is COCCNC(=O)c1cccc(NS(=O)(=O)c2ccc(C)cc2)c1. The number of sulfonamides is 1. The predicted molar refractivity (Wildman–Crippen MR) is 92.6 cm³/mol. The van der Waals surface area contributed by atoms with E-state index >= 15 is 0 Å². The average Bonchev–Trinajstić information content (AvgIpc) is 2.55. The second-order valence-corrected chi connectivity index (χ2v) is 6.93. The molecular weight excluding hydrogens is 328 g/mol. The van der Waals surface area contributed by atoms with Gasteiger partial charge in [-0.2, -0.15) is 0 Å². The molecule has 0 bridgehead atoms. The number of hydrogen-bond acceptors (Lipinski definition) is 4. The van der Waals surface area contributed by atoms with Crippen LogP contribution in [-0.2, 0) is 14.8 Å². The quantitative estimate of drug-likeness (QED) is 0.751. The molecule has 6 nitrogen and oxygen atoms in total. The van der Waals surface area contributed by atoms with E-state index in [1.54, 1.807) is 49.6 Å². The van der Waals surface area contributed by atoms with Gasteiger partial charge in [0.2, 0.25) is 0 Å². The van der Waals surface area contributed by atoms with E-state index in [1.807, 2.05) is 6.92 Å². The molecule has 0 aliphatic rings. The Morgan fingerprint density at radius 1 is 1.12 bits per heavy atom. The van der Waals surface area contributed by atoms with E-state index < -0.39 is 10.0 Å². The van der Waals surface area contributed by atoms with Gasteiger partial charge in [-0.3, -0.25) is 9.52 Å². The molecule has 0 spiro atoms. The first-order valence-corrected chi connectivity index (χ1v) is 8.87. The fourth-order valence-electron chi connectivity index (χ4n) is 2.02. The van der Waals surface area contributed by atoms with Crippen LogP contribution in [-0.4, -0.2) is 34.6 Å². The minimum atomic E-state index is -3.70. The van der Waals surface area contributed by atoms with E-state index in [4.69, 9.17) is 4.74 Å². The van der Waals surface area contributed by atoms with E-state index in [0.717, 1.165) is 5.56 Å². The normalized spacial score (nSPS) is 11.1. The second-order valence-electron chi connectivity index (χ2n) is 5.25. The summed E-state index contributed by atoms with van der Waals surface area (Å²) in [5.41, 5.74) is 1.67. The number of carbonyl (C=O) groups excluding carboxylic acids is 1. The molecule has 2 aromatic carbocycles. The minimum Gasteiger partial charge on any atom is -0.383 e. The lowest BCUT2D eigenvalue weighted by Crippen LogP contribution is -2.27. The van der Waals surface area contributed by atoms with Crippen molar-refractivity contribution in [3.63, 3.8) is 0 Å². The van der Waals surface area contributed by atoms with Crippen LogP contribution in [0.5, 0.6) is 0 Å². The van der Waals surface area contributed by atoms with Crippen molar-refractivity contribution in [1.82, 2.24) is 5.32 Å².